The molecule has 2 N–H and O–H groups in total. The van der Waals surface area contributed by atoms with Gasteiger partial charge >= 0.3 is 0 Å². The minimum absolute atomic E-state index is 0.0820. The zero-order chi connectivity index (χ0) is 24.5. The Hall–Kier alpha value is -4.30. The fraction of sp³-hybridized carbons (Fsp3) is 0.118. The summed E-state index contributed by atoms with van der Waals surface area (Å²) in [6, 6.07) is 43.9. The molecule has 2 unspecified atom stereocenters. The normalized spacial score (nSPS) is 16.5. The van der Waals surface area contributed by atoms with E-state index < -0.39 is 0 Å². The van der Waals surface area contributed by atoms with E-state index in [9.17, 15) is 0 Å². The molecule has 0 saturated carbocycles. The van der Waals surface area contributed by atoms with Crippen molar-refractivity contribution >= 4 is 11.4 Å². The standard InChI is InChI=1S/C34H30N2/c1-23-13-17-25(18-14-23)29-21-22-30(26-19-15-24(2)16-20-26)34-33(29)35-31(27-9-5-3-6-10-27)32(36-34)28-11-7-4-8-12-28/h3-22,31-32,35-36H,1-2H3. The Labute approximate surface area is 213 Å². The molecule has 5 aromatic rings. The maximum absolute atomic E-state index is 4.00. The van der Waals surface area contributed by atoms with Gasteiger partial charge in [0.05, 0.1) is 23.5 Å². The second-order valence-corrected chi connectivity index (χ2v) is 9.71. The van der Waals surface area contributed by atoms with E-state index in [0.29, 0.717) is 0 Å². The van der Waals surface area contributed by atoms with Gasteiger partial charge in [0.1, 0.15) is 0 Å². The molecule has 36 heavy (non-hydrogen) atoms. The average molecular weight is 467 g/mol. The number of rotatable bonds is 4. The van der Waals surface area contributed by atoms with E-state index in [4.69, 9.17) is 0 Å². The lowest BCUT2D eigenvalue weighted by Crippen LogP contribution is -2.31. The van der Waals surface area contributed by atoms with E-state index in [2.05, 4.69) is 146 Å². The van der Waals surface area contributed by atoms with Crippen LogP contribution < -0.4 is 10.6 Å². The summed E-state index contributed by atoms with van der Waals surface area (Å²) in [6.07, 6.45) is 0. The molecule has 2 atom stereocenters. The van der Waals surface area contributed by atoms with E-state index in [-0.39, 0.29) is 12.1 Å². The molecule has 0 fully saturated rings. The first kappa shape index (κ1) is 22.2. The topological polar surface area (TPSA) is 24.1 Å². The molecule has 0 radical (unpaired) electrons. The van der Waals surface area contributed by atoms with E-state index in [0.717, 1.165) is 11.4 Å². The van der Waals surface area contributed by atoms with Gasteiger partial charge in [-0.15, -0.1) is 0 Å². The molecule has 1 heterocycles. The molecule has 1 aliphatic rings. The summed E-state index contributed by atoms with van der Waals surface area (Å²) < 4.78 is 0. The van der Waals surface area contributed by atoms with Crippen LogP contribution in [0.2, 0.25) is 0 Å². The summed E-state index contributed by atoms with van der Waals surface area (Å²) in [4.78, 5) is 0. The molecule has 0 saturated heterocycles. The van der Waals surface area contributed by atoms with Crippen molar-refractivity contribution in [3.05, 3.63) is 144 Å². The number of aryl methyl sites for hydroxylation is 2. The highest BCUT2D eigenvalue weighted by atomic mass is 15.1. The molecule has 0 amide bonds. The third-order valence-electron chi connectivity index (χ3n) is 7.18. The van der Waals surface area contributed by atoms with Gasteiger partial charge in [0.25, 0.3) is 0 Å². The third kappa shape index (κ3) is 4.16. The molecular weight excluding hydrogens is 436 g/mol. The van der Waals surface area contributed by atoms with Crippen LogP contribution in [0, 0.1) is 13.8 Å². The summed E-state index contributed by atoms with van der Waals surface area (Å²) in [7, 11) is 0. The Morgan fingerprint density at radius 1 is 0.417 bits per heavy atom. The Bertz CT molecular complexity index is 1360. The quantitative estimate of drug-likeness (QED) is 0.276. The predicted octanol–water partition coefficient (Wildman–Crippen LogP) is 8.96. The third-order valence-corrected chi connectivity index (χ3v) is 7.18. The molecule has 5 aromatic carbocycles. The molecule has 2 heteroatoms. The van der Waals surface area contributed by atoms with Gasteiger partial charge < -0.3 is 10.6 Å². The zero-order valence-corrected chi connectivity index (χ0v) is 20.7. The van der Waals surface area contributed by atoms with E-state index in [1.807, 2.05) is 0 Å². The van der Waals surface area contributed by atoms with Gasteiger partial charge in [0.2, 0.25) is 0 Å². The van der Waals surface area contributed by atoms with Crippen LogP contribution in [0.15, 0.2) is 121 Å². The van der Waals surface area contributed by atoms with Gasteiger partial charge in [-0.25, -0.2) is 0 Å². The van der Waals surface area contributed by atoms with Gasteiger partial charge in [0, 0.05) is 11.1 Å². The number of nitrogens with one attached hydrogen (secondary N) is 2. The van der Waals surface area contributed by atoms with Crippen molar-refractivity contribution in [3.8, 4) is 22.3 Å². The second kappa shape index (κ2) is 9.39. The first-order valence-corrected chi connectivity index (χ1v) is 12.6. The lowest BCUT2D eigenvalue weighted by Gasteiger charge is -2.39. The summed E-state index contributed by atoms with van der Waals surface area (Å²) in [5.74, 6) is 0. The fourth-order valence-electron chi connectivity index (χ4n) is 5.20. The predicted molar refractivity (Wildman–Crippen MR) is 152 cm³/mol. The Kier molecular flexibility index (Phi) is 5.79. The lowest BCUT2D eigenvalue weighted by atomic mass is 9.87. The van der Waals surface area contributed by atoms with Crippen LogP contribution in [0.25, 0.3) is 22.3 Å². The summed E-state index contributed by atoms with van der Waals surface area (Å²) >= 11 is 0. The molecular formula is C34H30N2. The molecule has 0 bridgehead atoms. The van der Waals surface area contributed by atoms with Crippen molar-refractivity contribution in [3.63, 3.8) is 0 Å². The highest BCUT2D eigenvalue weighted by molar-refractivity contribution is 5.97. The number of fused-ring (bicyclic) bond motifs is 1. The van der Waals surface area contributed by atoms with E-state index in [1.54, 1.807) is 0 Å². The SMILES string of the molecule is Cc1ccc(-c2ccc(-c3ccc(C)cc3)c3c2NC(c2ccccc2)C(c2ccccc2)N3)cc1. The van der Waals surface area contributed by atoms with Crippen LogP contribution in [0.3, 0.4) is 0 Å². The molecule has 0 aromatic heterocycles. The smallest absolute Gasteiger partial charge is 0.0758 e. The molecule has 176 valence electrons. The van der Waals surface area contributed by atoms with Crippen molar-refractivity contribution in [2.24, 2.45) is 0 Å². The largest absolute Gasteiger partial charge is 0.374 e. The summed E-state index contributed by atoms with van der Waals surface area (Å²) in [5, 5.41) is 8.01. The van der Waals surface area contributed by atoms with Crippen LogP contribution in [0.4, 0.5) is 11.4 Å². The highest BCUT2D eigenvalue weighted by Crippen LogP contribution is 2.50. The van der Waals surface area contributed by atoms with Gasteiger partial charge in [-0.2, -0.15) is 0 Å². The summed E-state index contributed by atoms with van der Waals surface area (Å²) in [5.41, 5.74) is 12.2. The molecule has 0 aliphatic carbocycles. The van der Waals surface area contributed by atoms with Crippen LogP contribution >= 0.6 is 0 Å². The first-order chi connectivity index (χ1) is 17.7. The minimum atomic E-state index is 0.0820. The van der Waals surface area contributed by atoms with E-state index in [1.165, 1.54) is 44.5 Å². The van der Waals surface area contributed by atoms with E-state index >= 15 is 0 Å². The van der Waals surface area contributed by atoms with Crippen molar-refractivity contribution in [1.29, 1.82) is 0 Å². The maximum atomic E-state index is 4.00. The number of benzene rings is 5. The van der Waals surface area contributed by atoms with Crippen LogP contribution in [0.1, 0.15) is 34.3 Å². The molecule has 1 aliphatic heterocycles. The highest BCUT2D eigenvalue weighted by Gasteiger charge is 2.33. The maximum Gasteiger partial charge on any atom is 0.0758 e. The number of anilines is 2. The minimum Gasteiger partial charge on any atom is -0.374 e. The van der Waals surface area contributed by atoms with Crippen molar-refractivity contribution < 1.29 is 0 Å². The lowest BCUT2D eigenvalue weighted by molar-refractivity contribution is 0.637. The zero-order valence-electron chi connectivity index (χ0n) is 20.7. The first-order valence-electron chi connectivity index (χ1n) is 12.6. The van der Waals surface area contributed by atoms with Gasteiger partial charge in [-0.1, -0.05) is 132 Å². The van der Waals surface area contributed by atoms with Gasteiger partial charge in [-0.05, 0) is 36.1 Å². The molecule has 0 spiro atoms. The Balaban J connectivity index is 1.57. The van der Waals surface area contributed by atoms with Crippen LogP contribution in [-0.4, -0.2) is 0 Å². The second-order valence-electron chi connectivity index (χ2n) is 9.71. The van der Waals surface area contributed by atoms with Gasteiger partial charge in [-0.3, -0.25) is 0 Å². The Morgan fingerprint density at radius 3 is 1.14 bits per heavy atom. The Morgan fingerprint density at radius 2 is 0.778 bits per heavy atom. The number of hydrogen-bond donors (Lipinski definition) is 2. The van der Waals surface area contributed by atoms with Crippen molar-refractivity contribution in [2.75, 3.05) is 10.6 Å². The van der Waals surface area contributed by atoms with Crippen LogP contribution in [-0.2, 0) is 0 Å². The summed E-state index contributed by atoms with van der Waals surface area (Å²) in [6.45, 7) is 4.27. The average Bonchev–Trinajstić information content (AvgIpc) is 2.94. The fourth-order valence-corrected chi connectivity index (χ4v) is 5.20. The van der Waals surface area contributed by atoms with Crippen molar-refractivity contribution in [1.82, 2.24) is 0 Å². The van der Waals surface area contributed by atoms with Crippen molar-refractivity contribution in [2.45, 2.75) is 25.9 Å². The van der Waals surface area contributed by atoms with Crippen LogP contribution in [0.5, 0.6) is 0 Å². The molecule has 6 rings (SSSR count). The van der Waals surface area contributed by atoms with Gasteiger partial charge in [0.15, 0.2) is 0 Å². The monoisotopic (exact) mass is 466 g/mol. The number of hydrogen-bond acceptors (Lipinski definition) is 2. The molecule has 2 nitrogen and oxygen atoms in total.